The molecule has 3 rings (SSSR count). The molecule has 2 N–H and O–H groups in total. The third kappa shape index (κ3) is 3.18. The van der Waals surface area contributed by atoms with E-state index in [4.69, 9.17) is 0 Å². The van der Waals surface area contributed by atoms with Gasteiger partial charge in [0.1, 0.15) is 11.3 Å². The van der Waals surface area contributed by atoms with Crippen LogP contribution >= 0.6 is 0 Å². The zero-order chi connectivity index (χ0) is 23.7. The van der Waals surface area contributed by atoms with Crippen LogP contribution < -0.4 is 0 Å². The Morgan fingerprint density at radius 1 is 1.19 bits per heavy atom. The molecule has 0 heterocycles. The fraction of sp³-hybridized carbons (Fsp3) is 0.731. The molecule has 172 valence electrons. The minimum absolute atomic E-state index is 0.0297. The lowest BCUT2D eigenvalue weighted by atomic mass is 9.62. The first-order valence-corrected chi connectivity index (χ1v) is 11.5. The maximum Gasteiger partial charge on any atom is 0.183 e. The van der Waals surface area contributed by atoms with Crippen LogP contribution in [0.4, 0.5) is 0 Å². The van der Waals surface area contributed by atoms with Gasteiger partial charge in [-0.25, -0.2) is 0 Å². The second kappa shape index (κ2) is 7.13. The van der Waals surface area contributed by atoms with Crippen LogP contribution in [0.25, 0.3) is 0 Å². The van der Waals surface area contributed by atoms with Crippen molar-refractivity contribution in [3.8, 4) is 0 Å². The Morgan fingerprint density at radius 2 is 1.77 bits per heavy atom. The molecule has 0 saturated heterocycles. The summed E-state index contributed by atoms with van der Waals surface area (Å²) in [5, 5.41) is 22.4. The van der Waals surface area contributed by atoms with E-state index in [1.165, 1.54) is 0 Å². The maximum atomic E-state index is 14.1. The zero-order valence-corrected chi connectivity index (χ0v) is 20.3. The van der Waals surface area contributed by atoms with Gasteiger partial charge in [-0.1, -0.05) is 39.3 Å². The van der Waals surface area contributed by atoms with Crippen molar-refractivity contribution >= 4 is 17.3 Å². The molecular weight excluding hydrogens is 392 g/mol. The summed E-state index contributed by atoms with van der Waals surface area (Å²) in [7, 11) is 0. The van der Waals surface area contributed by atoms with E-state index in [1.54, 1.807) is 13.8 Å². The number of hydrogen-bond acceptors (Lipinski definition) is 5. The fourth-order valence-corrected chi connectivity index (χ4v) is 6.84. The molecule has 31 heavy (non-hydrogen) atoms. The maximum absolute atomic E-state index is 14.1. The summed E-state index contributed by atoms with van der Waals surface area (Å²) in [5.41, 5.74) is -3.30. The molecule has 1 spiro atoms. The van der Waals surface area contributed by atoms with Gasteiger partial charge in [0.2, 0.25) is 0 Å². The summed E-state index contributed by atoms with van der Waals surface area (Å²) in [5.74, 6) is -2.02. The molecule has 0 aromatic carbocycles. The SMILES string of the molecule is CC(C)=CCC12C[C@H]3C(C)(C)[C@@H](C(C)(C)O)C[C@]3(C1=O)C(O)=C(C(=O)CC(C)C)C2=O. The van der Waals surface area contributed by atoms with Crippen LogP contribution in [0.15, 0.2) is 23.0 Å². The van der Waals surface area contributed by atoms with Crippen molar-refractivity contribution in [2.24, 2.45) is 34.0 Å². The molecule has 1 unspecified atom stereocenters. The minimum Gasteiger partial charge on any atom is -0.510 e. The van der Waals surface area contributed by atoms with Crippen molar-refractivity contribution in [2.75, 3.05) is 0 Å². The van der Waals surface area contributed by atoms with E-state index in [2.05, 4.69) is 0 Å². The first-order chi connectivity index (χ1) is 14.0. The summed E-state index contributed by atoms with van der Waals surface area (Å²) < 4.78 is 0. The zero-order valence-electron chi connectivity index (χ0n) is 20.3. The van der Waals surface area contributed by atoms with Crippen LogP contribution in [0.3, 0.4) is 0 Å². The van der Waals surface area contributed by atoms with E-state index < -0.39 is 27.6 Å². The van der Waals surface area contributed by atoms with Crippen LogP contribution in [-0.4, -0.2) is 33.2 Å². The van der Waals surface area contributed by atoms with Crippen molar-refractivity contribution in [2.45, 2.75) is 86.7 Å². The monoisotopic (exact) mass is 430 g/mol. The highest BCUT2D eigenvalue weighted by molar-refractivity contribution is 6.32. The van der Waals surface area contributed by atoms with Crippen LogP contribution in [0.1, 0.15) is 81.1 Å². The number of Topliss-reactive ketones (excluding diaryl/α,β-unsaturated/α-hetero) is 3. The first-order valence-electron chi connectivity index (χ1n) is 11.5. The third-order valence-electron chi connectivity index (χ3n) is 8.21. The molecule has 0 aromatic heterocycles. The van der Waals surface area contributed by atoms with Crippen molar-refractivity contribution < 1.29 is 24.6 Å². The van der Waals surface area contributed by atoms with E-state index in [0.29, 0.717) is 6.42 Å². The summed E-state index contributed by atoms with van der Waals surface area (Å²) >= 11 is 0. The van der Waals surface area contributed by atoms with E-state index in [9.17, 15) is 24.6 Å². The van der Waals surface area contributed by atoms with Crippen LogP contribution in [-0.2, 0) is 14.4 Å². The van der Waals surface area contributed by atoms with Gasteiger partial charge >= 0.3 is 0 Å². The topological polar surface area (TPSA) is 91.7 Å². The quantitative estimate of drug-likeness (QED) is 0.361. The average Bonchev–Trinajstić information content (AvgIpc) is 2.97. The number of allylic oxidation sites excluding steroid dienone is 4. The summed E-state index contributed by atoms with van der Waals surface area (Å²) in [4.78, 5) is 40.9. The molecule has 5 nitrogen and oxygen atoms in total. The lowest BCUT2D eigenvalue weighted by Gasteiger charge is -2.40. The van der Waals surface area contributed by atoms with Gasteiger partial charge in [0.25, 0.3) is 0 Å². The van der Waals surface area contributed by atoms with Gasteiger partial charge in [0, 0.05) is 6.42 Å². The predicted molar refractivity (Wildman–Crippen MR) is 119 cm³/mol. The van der Waals surface area contributed by atoms with Gasteiger partial charge < -0.3 is 10.2 Å². The third-order valence-corrected chi connectivity index (χ3v) is 8.21. The molecule has 0 amide bonds. The van der Waals surface area contributed by atoms with E-state index in [0.717, 1.165) is 5.57 Å². The summed E-state index contributed by atoms with van der Waals surface area (Å²) in [6.45, 7) is 15.1. The number of fused-ring (bicyclic) bond motifs is 1. The van der Waals surface area contributed by atoms with Gasteiger partial charge in [-0.15, -0.1) is 0 Å². The van der Waals surface area contributed by atoms with Crippen molar-refractivity contribution in [1.82, 2.24) is 0 Å². The lowest BCUT2D eigenvalue weighted by molar-refractivity contribution is -0.144. The van der Waals surface area contributed by atoms with Crippen LogP contribution in [0, 0.1) is 34.0 Å². The molecule has 4 atom stereocenters. The van der Waals surface area contributed by atoms with Crippen molar-refractivity contribution in [3.05, 3.63) is 23.0 Å². The van der Waals surface area contributed by atoms with Crippen LogP contribution in [0.5, 0.6) is 0 Å². The number of ketones is 3. The molecule has 3 aliphatic rings. The standard InChI is InChI=1S/C26H38O5/c1-14(2)9-10-25-12-18-23(5,6)17(24(7,8)31)13-26(18,22(25)30)21(29)19(20(25)28)16(27)11-15(3)4/h9,15,17-18,29,31H,10-13H2,1-8H3/t17-,18-,25?,26+/m0/s1. The Kier molecular flexibility index (Phi) is 5.50. The number of carbonyl (C=O) groups is 3. The number of rotatable bonds is 6. The minimum atomic E-state index is -1.31. The Labute approximate surface area is 186 Å². The molecule has 0 radical (unpaired) electrons. The molecule has 3 aliphatic carbocycles. The highest BCUT2D eigenvalue weighted by Gasteiger charge is 2.78. The molecule has 0 aromatic rings. The highest BCUT2D eigenvalue weighted by atomic mass is 16.3. The predicted octanol–water partition coefficient (Wildman–Crippen LogP) is 4.73. The van der Waals surface area contributed by atoms with Gasteiger partial charge in [-0.3, -0.25) is 14.4 Å². The number of hydrogen-bond donors (Lipinski definition) is 2. The number of aliphatic hydroxyl groups excluding tert-OH is 1. The molecule has 0 aliphatic heterocycles. The first kappa shape index (κ1) is 23.9. The molecular formula is C26H38O5. The molecule has 2 fully saturated rings. The molecule has 5 heteroatoms. The largest absolute Gasteiger partial charge is 0.510 e. The lowest BCUT2D eigenvalue weighted by Crippen LogP contribution is -2.50. The van der Waals surface area contributed by atoms with E-state index >= 15 is 0 Å². The molecule has 2 bridgehead atoms. The summed E-state index contributed by atoms with van der Waals surface area (Å²) in [6, 6.07) is 0. The second-order valence-corrected chi connectivity index (χ2v) is 11.9. The smallest absolute Gasteiger partial charge is 0.183 e. The normalized spacial score (nSPS) is 34.4. The number of aliphatic hydroxyl groups is 2. The van der Waals surface area contributed by atoms with Gasteiger partial charge in [0.15, 0.2) is 17.3 Å². The van der Waals surface area contributed by atoms with Gasteiger partial charge in [-0.2, -0.15) is 0 Å². The van der Waals surface area contributed by atoms with Crippen LogP contribution in [0.2, 0.25) is 0 Å². The number of carbonyl (C=O) groups excluding carboxylic acids is 3. The van der Waals surface area contributed by atoms with E-state index in [1.807, 2.05) is 47.6 Å². The van der Waals surface area contributed by atoms with Crippen molar-refractivity contribution in [3.63, 3.8) is 0 Å². The second-order valence-electron chi connectivity index (χ2n) is 11.9. The van der Waals surface area contributed by atoms with Gasteiger partial charge in [0.05, 0.1) is 16.4 Å². The Bertz CT molecular complexity index is 893. The average molecular weight is 431 g/mol. The Balaban J connectivity index is 2.28. The summed E-state index contributed by atoms with van der Waals surface area (Å²) in [6.07, 6.45) is 2.85. The van der Waals surface area contributed by atoms with E-state index in [-0.39, 0.29) is 59.9 Å². The van der Waals surface area contributed by atoms with Crippen molar-refractivity contribution in [1.29, 1.82) is 0 Å². The molecule has 2 saturated carbocycles. The highest BCUT2D eigenvalue weighted by Crippen LogP contribution is 2.73. The fourth-order valence-electron chi connectivity index (χ4n) is 6.84. The van der Waals surface area contributed by atoms with Gasteiger partial charge in [-0.05, 0) is 70.1 Å². The Hall–Kier alpha value is -1.75. The Morgan fingerprint density at radius 3 is 2.26 bits per heavy atom.